The van der Waals surface area contributed by atoms with Gasteiger partial charge in [0.15, 0.2) is 0 Å². The SMILES string of the molecule is CCC1OC1CCOC(=O)c1cccc(C(=O)OCCC2OC2CC)c1. The van der Waals surface area contributed by atoms with Crippen molar-refractivity contribution in [1.29, 1.82) is 0 Å². The summed E-state index contributed by atoms with van der Waals surface area (Å²) in [5.41, 5.74) is 0.694. The van der Waals surface area contributed by atoms with Gasteiger partial charge >= 0.3 is 11.9 Å². The average molecular weight is 362 g/mol. The Morgan fingerprint density at radius 1 is 0.846 bits per heavy atom. The van der Waals surface area contributed by atoms with Crippen molar-refractivity contribution in [3.05, 3.63) is 35.4 Å². The fourth-order valence-electron chi connectivity index (χ4n) is 3.06. The fourth-order valence-corrected chi connectivity index (χ4v) is 3.06. The topological polar surface area (TPSA) is 77.7 Å². The summed E-state index contributed by atoms with van der Waals surface area (Å²) in [6.45, 7) is 4.77. The zero-order valence-corrected chi connectivity index (χ0v) is 15.3. The minimum absolute atomic E-state index is 0.205. The lowest BCUT2D eigenvalue weighted by Crippen LogP contribution is -2.12. The predicted octanol–water partition coefficient (Wildman–Crippen LogP) is 3.14. The summed E-state index contributed by atoms with van der Waals surface area (Å²) in [6, 6.07) is 6.42. The Morgan fingerprint density at radius 2 is 1.31 bits per heavy atom. The van der Waals surface area contributed by atoms with E-state index in [2.05, 4.69) is 13.8 Å². The Balaban J connectivity index is 1.41. The minimum Gasteiger partial charge on any atom is -0.462 e. The molecule has 4 atom stereocenters. The highest BCUT2D eigenvalue weighted by Crippen LogP contribution is 2.28. The van der Waals surface area contributed by atoms with Crippen LogP contribution in [0.2, 0.25) is 0 Å². The van der Waals surface area contributed by atoms with Gasteiger partial charge in [-0.15, -0.1) is 0 Å². The van der Waals surface area contributed by atoms with Crippen LogP contribution in [-0.4, -0.2) is 49.6 Å². The molecule has 26 heavy (non-hydrogen) atoms. The molecule has 6 heteroatoms. The Bertz CT molecular complexity index is 592. The van der Waals surface area contributed by atoms with Crippen molar-refractivity contribution in [2.45, 2.75) is 63.9 Å². The van der Waals surface area contributed by atoms with E-state index in [9.17, 15) is 9.59 Å². The molecule has 0 spiro atoms. The first kappa shape index (κ1) is 18.9. The highest BCUT2D eigenvalue weighted by atomic mass is 16.6. The van der Waals surface area contributed by atoms with Crippen LogP contribution in [0.3, 0.4) is 0 Å². The van der Waals surface area contributed by atoms with Gasteiger partial charge in [0.2, 0.25) is 0 Å². The van der Waals surface area contributed by atoms with Gasteiger partial charge in [0, 0.05) is 12.8 Å². The molecule has 0 aromatic heterocycles. The van der Waals surface area contributed by atoms with Gasteiger partial charge in [0.25, 0.3) is 0 Å². The maximum atomic E-state index is 12.1. The van der Waals surface area contributed by atoms with Crippen LogP contribution >= 0.6 is 0 Å². The maximum absolute atomic E-state index is 12.1. The first-order valence-electron chi connectivity index (χ1n) is 9.37. The van der Waals surface area contributed by atoms with E-state index in [1.165, 1.54) is 6.07 Å². The number of rotatable bonds is 10. The number of hydrogen-bond acceptors (Lipinski definition) is 6. The standard InChI is InChI=1S/C20H26O6/c1-3-15-17(25-15)8-10-23-19(21)13-6-5-7-14(12-13)20(22)24-11-9-18-16(4-2)26-18/h5-7,12,15-18H,3-4,8-11H2,1-2H3. The van der Waals surface area contributed by atoms with Crippen LogP contribution in [0.4, 0.5) is 0 Å². The molecule has 0 radical (unpaired) electrons. The molecule has 3 rings (SSSR count). The van der Waals surface area contributed by atoms with E-state index in [1.807, 2.05) is 0 Å². The molecule has 2 aliphatic heterocycles. The lowest BCUT2D eigenvalue weighted by atomic mass is 10.1. The molecular weight excluding hydrogens is 336 g/mol. The van der Waals surface area contributed by atoms with Gasteiger partial charge in [0.1, 0.15) is 0 Å². The van der Waals surface area contributed by atoms with Gasteiger partial charge in [-0.1, -0.05) is 19.9 Å². The number of ether oxygens (including phenoxy) is 4. The van der Waals surface area contributed by atoms with Gasteiger partial charge in [0.05, 0.1) is 48.8 Å². The number of epoxide rings is 2. The summed E-state index contributed by atoms with van der Waals surface area (Å²) in [5, 5.41) is 0. The monoisotopic (exact) mass is 362 g/mol. The van der Waals surface area contributed by atoms with Gasteiger partial charge in [-0.25, -0.2) is 9.59 Å². The molecule has 2 saturated heterocycles. The van der Waals surface area contributed by atoms with Crippen molar-refractivity contribution >= 4 is 11.9 Å². The summed E-state index contributed by atoms with van der Waals surface area (Å²) in [4.78, 5) is 24.2. The summed E-state index contributed by atoms with van der Waals surface area (Å²) in [7, 11) is 0. The number of hydrogen-bond donors (Lipinski definition) is 0. The van der Waals surface area contributed by atoms with Crippen LogP contribution in [0.15, 0.2) is 24.3 Å². The van der Waals surface area contributed by atoms with E-state index in [4.69, 9.17) is 18.9 Å². The normalized spacial score (nSPS) is 26.2. The summed E-state index contributed by atoms with van der Waals surface area (Å²) in [5.74, 6) is -0.879. The third kappa shape index (κ3) is 5.05. The second-order valence-electron chi connectivity index (χ2n) is 6.67. The lowest BCUT2D eigenvalue weighted by molar-refractivity contribution is 0.0492. The quantitative estimate of drug-likeness (QED) is 0.470. The molecule has 0 aliphatic carbocycles. The zero-order chi connectivity index (χ0) is 18.5. The van der Waals surface area contributed by atoms with Gasteiger partial charge in [-0.2, -0.15) is 0 Å². The molecule has 2 heterocycles. The number of carbonyl (C=O) groups excluding carboxylic acids is 2. The smallest absolute Gasteiger partial charge is 0.338 e. The van der Waals surface area contributed by atoms with Crippen molar-refractivity contribution in [2.24, 2.45) is 0 Å². The van der Waals surface area contributed by atoms with Crippen LogP contribution in [0, 0.1) is 0 Å². The van der Waals surface area contributed by atoms with Crippen LogP contribution in [0.1, 0.15) is 60.2 Å². The van der Waals surface area contributed by atoms with Crippen molar-refractivity contribution < 1.29 is 28.5 Å². The molecule has 0 saturated carbocycles. The minimum atomic E-state index is -0.439. The average Bonchev–Trinajstić information content (AvgIpc) is 3.57. The van der Waals surface area contributed by atoms with Crippen molar-refractivity contribution in [2.75, 3.05) is 13.2 Å². The third-order valence-electron chi connectivity index (χ3n) is 4.79. The van der Waals surface area contributed by atoms with Crippen LogP contribution in [-0.2, 0) is 18.9 Å². The molecule has 6 nitrogen and oxygen atoms in total. The van der Waals surface area contributed by atoms with Crippen molar-refractivity contribution in [1.82, 2.24) is 0 Å². The number of carbonyl (C=O) groups is 2. The zero-order valence-electron chi connectivity index (χ0n) is 15.3. The number of esters is 2. The summed E-state index contributed by atoms with van der Waals surface area (Å²) in [6.07, 6.45) is 4.39. The van der Waals surface area contributed by atoms with E-state index in [0.29, 0.717) is 49.4 Å². The molecular formula is C20H26O6. The first-order chi connectivity index (χ1) is 12.6. The van der Waals surface area contributed by atoms with E-state index in [-0.39, 0.29) is 12.2 Å². The van der Waals surface area contributed by atoms with Crippen LogP contribution in [0.25, 0.3) is 0 Å². The molecule has 0 amide bonds. The van der Waals surface area contributed by atoms with Gasteiger partial charge in [-0.3, -0.25) is 0 Å². The highest BCUT2D eigenvalue weighted by Gasteiger charge is 2.37. The number of benzene rings is 1. The Hall–Kier alpha value is -1.92. The molecule has 0 N–H and O–H groups in total. The molecule has 0 bridgehead atoms. The Kier molecular flexibility index (Phi) is 6.27. The lowest BCUT2D eigenvalue weighted by Gasteiger charge is -2.07. The first-order valence-corrected chi connectivity index (χ1v) is 9.37. The van der Waals surface area contributed by atoms with Crippen LogP contribution < -0.4 is 0 Å². The maximum Gasteiger partial charge on any atom is 0.338 e. The van der Waals surface area contributed by atoms with Crippen molar-refractivity contribution in [3.63, 3.8) is 0 Å². The van der Waals surface area contributed by atoms with E-state index < -0.39 is 11.9 Å². The predicted molar refractivity (Wildman–Crippen MR) is 94.1 cm³/mol. The third-order valence-corrected chi connectivity index (χ3v) is 4.79. The Morgan fingerprint density at radius 3 is 1.69 bits per heavy atom. The van der Waals surface area contributed by atoms with Gasteiger partial charge < -0.3 is 18.9 Å². The second kappa shape index (κ2) is 8.64. The molecule has 1 aromatic carbocycles. The summed E-state index contributed by atoms with van der Waals surface area (Å²) >= 11 is 0. The molecule has 2 aliphatic rings. The van der Waals surface area contributed by atoms with Gasteiger partial charge in [-0.05, 0) is 31.0 Å². The molecule has 4 unspecified atom stereocenters. The fraction of sp³-hybridized carbons (Fsp3) is 0.600. The highest BCUT2D eigenvalue weighted by molar-refractivity contribution is 5.95. The second-order valence-corrected chi connectivity index (χ2v) is 6.67. The van der Waals surface area contributed by atoms with Crippen LogP contribution in [0.5, 0.6) is 0 Å². The largest absolute Gasteiger partial charge is 0.462 e. The molecule has 1 aromatic rings. The molecule has 142 valence electrons. The van der Waals surface area contributed by atoms with E-state index in [0.717, 1.165) is 12.8 Å². The summed E-state index contributed by atoms with van der Waals surface area (Å²) < 4.78 is 21.4. The van der Waals surface area contributed by atoms with E-state index >= 15 is 0 Å². The van der Waals surface area contributed by atoms with E-state index in [1.54, 1.807) is 18.2 Å². The van der Waals surface area contributed by atoms with Crippen molar-refractivity contribution in [3.8, 4) is 0 Å². The molecule has 2 fully saturated rings. The Labute approximate surface area is 153 Å².